The minimum Gasteiger partial charge on any atom is -0.483 e. The van der Waals surface area contributed by atoms with E-state index in [0.717, 1.165) is 10.4 Å². The number of para-hydroxylation sites is 1. The second-order valence-corrected chi connectivity index (χ2v) is 4.09. The Morgan fingerprint density at radius 2 is 2.19 bits per heavy atom. The predicted molar refractivity (Wildman–Crippen MR) is 61.6 cm³/mol. The average molecular weight is 285 g/mol. The summed E-state index contributed by atoms with van der Waals surface area (Å²) in [4.78, 5) is 4.13. The monoisotopic (exact) mass is 284 g/mol. The van der Waals surface area contributed by atoms with Gasteiger partial charge >= 0.3 is 0 Å². The van der Waals surface area contributed by atoms with Gasteiger partial charge in [-0.05, 0) is 28.1 Å². The van der Waals surface area contributed by atoms with Crippen LogP contribution in [0.4, 0.5) is 4.39 Å². The van der Waals surface area contributed by atoms with E-state index < -0.39 is 0 Å². The van der Waals surface area contributed by atoms with Crippen molar-refractivity contribution in [2.75, 3.05) is 0 Å². The van der Waals surface area contributed by atoms with E-state index in [-0.39, 0.29) is 18.2 Å². The fourth-order valence-corrected chi connectivity index (χ4v) is 1.57. The molecule has 2 aromatic rings. The molecule has 0 N–H and O–H groups in total. The van der Waals surface area contributed by atoms with Crippen molar-refractivity contribution in [1.82, 2.24) is 9.55 Å². The summed E-state index contributed by atoms with van der Waals surface area (Å²) in [5, 5.41) is 0. The summed E-state index contributed by atoms with van der Waals surface area (Å²) >= 11 is 3.33. The van der Waals surface area contributed by atoms with Gasteiger partial charge in [0.1, 0.15) is 17.0 Å². The van der Waals surface area contributed by atoms with E-state index in [0.29, 0.717) is 0 Å². The average Bonchev–Trinajstić information content (AvgIpc) is 2.59. The van der Waals surface area contributed by atoms with Crippen LogP contribution >= 0.6 is 15.9 Å². The van der Waals surface area contributed by atoms with Crippen molar-refractivity contribution in [3.05, 3.63) is 46.7 Å². The van der Waals surface area contributed by atoms with Crippen LogP contribution in [0.3, 0.4) is 0 Å². The van der Waals surface area contributed by atoms with Gasteiger partial charge in [-0.25, -0.2) is 9.37 Å². The van der Waals surface area contributed by atoms with E-state index in [1.54, 1.807) is 24.4 Å². The first-order chi connectivity index (χ1) is 7.68. The molecule has 0 aliphatic rings. The first-order valence-corrected chi connectivity index (χ1v) is 5.51. The summed E-state index contributed by atoms with van der Waals surface area (Å²) in [6, 6.07) is 6.31. The van der Waals surface area contributed by atoms with Crippen LogP contribution in [0.25, 0.3) is 0 Å². The standard InChI is InChI=1S/C11H10BrFN2O/c1-15-10(12)6-14-11(15)7-16-9-5-3-2-4-8(9)13/h2-6H,7H2,1H3. The molecule has 3 nitrogen and oxygen atoms in total. The number of hydrogen-bond donors (Lipinski definition) is 0. The molecule has 1 heterocycles. The first kappa shape index (κ1) is 11.1. The van der Waals surface area contributed by atoms with Crippen LogP contribution in [-0.2, 0) is 13.7 Å². The summed E-state index contributed by atoms with van der Waals surface area (Å²) in [5.74, 6) is 0.604. The quantitative estimate of drug-likeness (QED) is 0.867. The number of aromatic nitrogens is 2. The molecule has 0 aliphatic carbocycles. The molecular weight excluding hydrogens is 275 g/mol. The highest BCUT2D eigenvalue weighted by Crippen LogP contribution is 2.17. The summed E-state index contributed by atoms with van der Waals surface area (Å²) in [7, 11) is 1.86. The molecule has 0 saturated heterocycles. The fraction of sp³-hybridized carbons (Fsp3) is 0.182. The van der Waals surface area contributed by atoms with Gasteiger partial charge in [-0.2, -0.15) is 0 Å². The molecule has 0 saturated carbocycles. The Kier molecular flexibility index (Phi) is 3.24. The molecule has 0 aliphatic heterocycles. The number of imidazole rings is 1. The van der Waals surface area contributed by atoms with Gasteiger partial charge in [-0.15, -0.1) is 0 Å². The lowest BCUT2D eigenvalue weighted by atomic mass is 10.3. The van der Waals surface area contributed by atoms with Gasteiger partial charge in [0.2, 0.25) is 0 Å². The van der Waals surface area contributed by atoms with Gasteiger partial charge in [0.05, 0.1) is 6.20 Å². The number of halogens is 2. The van der Waals surface area contributed by atoms with Crippen molar-refractivity contribution in [3.8, 4) is 5.75 Å². The van der Waals surface area contributed by atoms with Crippen LogP contribution in [0.1, 0.15) is 5.82 Å². The van der Waals surface area contributed by atoms with Crippen LogP contribution < -0.4 is 4.74 Å². The topological polar surface area (TPSA) is 27.1 Å². The van der Waals surface area contributed by atoms with E-state index in [4.69, 9.17) is 4.74 Å². The van der Waals surface area contributed by atoms with Crippen LogP contribution in [0.5, 0.6) is 5.75 Å². The van der Waals surface area contributed by atoms with Crippen molar-refractivity contribution < 1.29 is 9.13 Å². The molecule has 84 valence electrons. The summed E-state index contributed by atoms with van der Waals surface area (Å²) in [6.07, 6.45) is 1.68. The van der Waals surface area contributed by atoms with Crippen LogP contribution in [0.2, 0.25) is 0 Å². The summed E-state index contributed by atoms with van der Waals surface area (Å²) in [6.45, 7) is 0.239. The second kappa shape index (κ2) is 4.65. The molecule has 0 bridgehead atoms. The van der Waals surface area contributed by atoms with Gasteiger partial charge in [0, 0.05) is 7.05 Å². The van der Waals surface area contributed by atoms with Crippen molar-refractivity contribution in [2.45, 2.75) is 6.61 Å². The number of hydrogen-bond acceptors (Lipinski definition) is 2. The largest absolute Gasteiger partial charge is 0.483 e. The molecule has 0 radical (unpaired) electrons. The lowest BCUT2D eigenvalue weighted by molar-refractivity contribution is 0.277. The van der Waals surface area contributed by atoms with Gasteiger partial charge in [0.25, 0.3) is 0 Å². The van der Waals surface area contributed by atoms with E-state index in [1.807, 2.05) is 11.6 Å². The molecule has 2 rings (SSSR count). The zero-order chi connectivity index (χ0) is 11.5. The Morgan fingerprint density at radius 1 is 1.44 bits per heavy atom. The number of rotatable bonds is 3. The van der Waals surface area contributed by atoms with Crippen molar-refractivity contribution in [1.29, 1.82) is 0 Å². The van der Waals surface area contributed by atoms with Crippen LogP contribution in [0, 0.1) is 5.82 Å². The van der Waals surface area contributed by atoms with Gasteiger partial charge in [-0.3, -0.25) is 0 Å². The molecular formula is C11H10BrFN2O. The van der Waals surface area contributed by atoms with Crippen molar-refractivity contribution >= 4 is 15.9 Å². The van der Waals surface area contributed by atoms with Crippen LogP contribution in [-0.4, -0.2) is 9.55 Å². The zero-order valence-electron chi connectivity index (χ0n) is 8.65. The minimum absolute atomic E-state index is 0.238. The summed E-state index contributed by atoms with van der Waals surface area (Å²) in [5.41, 5.74) is 0. The highest BCUT2D eigenvalue weighted by molar-refractivity contribution is 9.10. The molecule has 0 atom stereocenters. The second-order valence-electron chi connectivity index (χ2n) is 3.28. The Morgan fingerprint density at radius 3 is 2.81 bits per heavy atom. The maximum absolute atomic E-state index is 13.2. The first-order valence-electron chi connectivity index (χ1n) is 4.72. The van der Waals surface area contributed by atoms with E-state index in [1.165, 1.54) is 6.07 Å². The Bertz CT molecular complexity index is 498. The lowest BCUT2D eigenvalue weighted by Crippen LogP contribution is -2.04. The molecule has 16 heavy (non-hydrogen) atoms. The number of benzene rings is 1. The predicted octanol–water partition coefficient (Wildman–Crippen LogP) is 2.90. The highest BCUT2D eigenvalue weighted by atomic mass is 79.9. The number of ether oxygens (including phenoxy) is 1. The Hall–Kier alpha value is -1.36. The summed E-state index contributed by atoms with van der Waals surface area (Å²) < 4.78 is 21.3. The normalized spacial score (nSPS) is 10.4. The molecule has 0 amide bonds. The molecule has 0 unspecified atom stereocenters. The van der Waals surface area contributed by atoms with Crippen molar-refractivity contribution in [2.24, 2.45) is 7.05 Å². The SMILES string of the molecule is Cn1c(Br)cnc1COc1ccccc1F. The fourth-order valence-electron chi connectivity index (χ4n) is 1.26. The molecule has 1 aromatic heterocycles. The van der Waals surface area contributed by atoms with E-state index >= 15 is 0 Å². The molecule has 0 fully saturated rings. The maximum atomic E-state index is 13.2. The number of nitrogens with zero attached hydrogens (tertiary/aromatic N) is 2. The van der Waals surface area contributed by atoms with Gasteiger partial charge < -0.3 is 9.30 Å². The molecule has 5 heteroatoms. The maximum Gasteiger partial charge on any atom is 0.165 e. The van der Waals surface area contributed by atoms with E-state index in [9.17, 15) is 4.39 Å². The third-order valence-electron chi connectivity index (χ3n) is 2.22. The molecule has 1 aromatic carbocycles. The highest BCUT2D eigenvalue weighted by Gasteiger charge is 2.06. The third-order valence-corrected chi connectivity index (χ3v) is 2.96. The molecule has 0 spiro atoms. The van der Waals surface area contributed by atoms with E-state index in [2.05, 4.69) is 20.9 Å². The van der Waals surface area contributed by atoms with Crippen LogP contribution in [0.15, 0.2) is 35.1 Å². The lowest BCUT2D eigenvalue weighted by Gasteiger charge is -2.06. The van der Waals surface area contributed by atoms with Gasteiger partial charge in [0.15, 0.2) is 11.6 Å². The third kappa shape index (κ3) is 2.24. The zero-order valence-corrected chi connectivity index (χ0v) is 10.2. The minimum atomic E-state index is -0.365. The smallest absolute Gasteiger partial charge is 0.165 e. The Labute approximate surface area is 101 Å². The van der Waals surface area contributed by atoms with Crippen molar-refractivity contribution in [3.63, 3.8) is 0 Å². The van der Waals surface area contributed by atoms with Gasteiger partial charge in [-0.1, -0.05) is 12.1 Å². The Balaban J connectivity index is 2.08.